The topological polar surface area (TPSA) is 128 Å². The number of anilines is 2. The van der Waals surface area contributed by atoms with E-state index in [0.717, 1.165) is 0 Å². The third kappa shape index (κ3) is 2.12. The number of nitrogen functional groups attached to an aromatic ring is 2. The number of nitrogens with two attached hydrogens (primary N) is 2. The van der Waals surface area contributed by atoms with Crippen molar-refractivity contribution in [3.63, 3.8) is 0 Å². The Hall–Kier alpha value is -2.70. The van der Waals surface area contributed by atoms with Crippen molar-refractivity contribution in [1.82, 2.24) is 15.0 Å². The molecule has 86 valence electrons. The van der Waals surface area contributed by atoms with Crippen molar-refractivity contribution in [1.29, 1.82) is 0 Å². The fourth-order valence-corrected chi connectivity index (χ4v) is 1.25. The highest BCUT2D eigenvalue weighted by Gasteiger charge is 2.12. The first-order valence-electron chi connectivity index (χ1n) is 4.65. The van der Waals surface area contributed by atoms with Crippen molar-refractivity contribution in [3.8, 4) is 11.4 Å². The van der Waals surface area contributed by atoms with Gasteiger partial charge in [-0.05, 0) is 12.1 Å². The summed E-state index contributed by atoms with van der Waals surface area (Å²) in [4.78, 5) is 22.6. The second-order valence-electron chi connectivity index (χ2n) is 3.27. The molecule has 2 rings (SSSR count). The Balaban J connectivity index is 2.50. The zero-order chi connectivity index (χ0) is 12.4. The molecule has 2 aromatic heterocycles. The van der Waals surface area contributed by atoms with Crippen molar-refractivity contribution in [2.45, 2.75) is 0 Å². The lowest BCUT2D eigenvalue weighted by molar-refractivity contribution is 0.0692. The number of aromatic carboxylic acids is 1. The number of carboxylic acids is 1. The lowest BCUT2D eigenvalue weighted by Gasteiger charge is -2.03. The fraction of sp³-hybridized carbons (Fsp3) is 0. The molecule has 0 bridgehead atoms. The maximum atomic E-state index is 10.9. The van der Waals surface area contributed by atoms with Crippen LogP contribution in [0, 0.1) is 0 Å². The number of pyridine rings is 1. The standard InChI is InChI=1S/C10H9N5O2/c11-5-1-2-6(15-9(5)10(16)17)7-3-14-8(12)4-13-7/h1-4H,11H2,(H2,12,14)(H,16,17). The van der Waals surface area contributed by atoms with Gasteiger partial charge in [0.2, 0.25) is 0 Å². The molecule has 0 saturated carbocycles. The van der Waals surface area contributed by atoms with Crippen molar-refractivity contribution in [2.24, 2.45) is 0 Å². The summed E-state index contributed by atoms with van der Waals surface area (Å²) in [6.45, 7) is 0. The van der Waals surface area contributed by atoms with Crippen molar-refractivity contribution in [2.75, 3.05) is 11.5 Å². The van der Waals surface area contributed by atoms with Gasteiger partial charge in [-0.15, -0.1) is 0 Å². The number of hydrogen-bond acceptors (Lipinski definition) is 6. The first kappa shape index (κ1) is 10.8. The molecule has 5 N–H and O–H groups in total. The summed E-state index contributed by atoms with van der Waals surface area (Å²) >= 11 is 0. The molecule has 7 heteroatoms. The lowest BCUT2D eigenvalue weighted by Crippen LogP contribution is -2.06. The Labute approximate surface area is 96.1 Å². The molecule has 17 heavy (non-hydrogen) atoms. The van der Waals surface area contributed by atoms with Crippen LogP contribution < -0.4 is 11.5 Å². The summed E-state index contributed by atoms with van der Waals surface area (Å²) in [5.74, 6) is -0.907. The largest absolute Gasteiger partial charge is 0.476 e. The van der Waals surface area contributed by atoms with Crippen LogP contribution in [0.5, 0.6) is 0 Å². The van der Waals surface area contributed by atoms with Gasteiger partial charge in [-0.2, -0.15) is 0 Å². The number of carbonyl (C=O) groups is 1. The molecular weight excluding hydrogens is 222 g/mol. The van der Waals surface area contributed by atoms with Crippen LogP contribution in [0.2, 0.25) is 0 Å². The number of carboxylic acid groups (broad SMARTS) is 1. The van der Waals surface area contributed by atoms with Crippen molar-refractivity contribution >= 4 is 17.5 Å². The van der Waals surface area contributed by atoms with E-state index in [9.17, 15) is 4.79 Å². The van der Waals surface area contributed by atoms with Gasteiger partial charge < -0.3 is 16.6 Å². The highest BCUT2D eigenvalue weighted by atomic mass is 16.4. The van der Waals surface area contributed by atoms with E-state index < -0.39 is 5.97 Å². The monoisotopic (exact) mass is 231 g/mol. The molecule has 2 aromatic rings. The molecule has 0 aromatic carbocycles. The summed E-state index contributed by atoms with van der Waals surface area (Å²) in [7, 11) is 0. The van der Waals surface area contributed by atoms with Crippen LogP contribution in [0.1, 0.15) is 10.5 Å². The molecule has 0 aliphatic carbocycles. The van der Waals surface area contributed by atoms with Gasteiger partial charge in [0.1, 0.15) is 11.5 Å². The van der Waals surface area contributed by atoms with Gasteiger partial charge in [0.05, 0.1) is 23.8 Å². The first-order chi connectivity index (χ1) is 8.08. The van der Waals surface area contributed by atoms with Gasteiger partial charge in [-0.25, -0.2) is 19.7 Å². The smallest absolute Gasteiger partial charge is 0.356 e. The quantitative estimate of drug-likeness (QED) is 0.682. The van der Waals surface area contributed by atoms with Crippen molar-refractivity contribution < 1.29 is 9.90 Å². The predicted octanol–water partition coefficient (Wildman–Crippen LogP) is 0.401. The molecule has 2 heterocycles. The van der Waals surface area contributed by atoms with Gasteiger partial charge in [0.15, 0.2) is 5.69 Å². The highest BCUT2D eigenvalue weighted by Crippen LogP contribution is 2.18. The van der Waals surface area contributed by atoms with Gasteiger partial charge in [0, 0.05) is 0 Å². The second kappa shape index (κ2) is 4.05. The molecule has 0 unspecified atom stereocenters. The Morgan fingerprint density at radius 1 is 1.12 bits per heavy atom. The molecule has 0 spiro atoms. The molecule has 0 aliphatic heterocycles. The fourth-order valence-electron chi connectivity index (χ4n) is 1.25. The van der Waals surface area contributed by atoms with Crippen LogP contribution in [-0.4, -0.2) is 26.0 Å². The molecule has 7 nitrogen and oxygen atoms in total. The molecular formula is C10H9N5O2. The number of hydrogen-bond donors (Lipinski definition) is 3. The summed E-state index contributed by atoms with van der Waals surface area (Å²) in [6, 6.07) is 3.03. The first-order valence-corrected chi connectivity index (χ1v) is 4.65. The summed E-state index contributed by atoms with van der Waals surface area (Å²) in [5, 5.41) is 8.88. The molecule has 0 aliphatic rings. The second-order valence-corrected chi connectivity index (χ2v) is 3.27. The van der Waals surface area contributed by atoms with E-state index in [4.69, 9.17) is 16.6 Å². The van der Waals surface area contributed by atoms with E-state index in [1.807, 2.05) is 0 Å². The van der Waals surface area contributed by atoms with E-state index in [2.05, 4.69) is 15.0 Å². The molecule has 0 saturated heterocycles. The number of nitrogens with zero attached hydrogens (tertiary/aromatic N) is 3. The normalized spacial score (nSPS) is 10.1. The molecule has 0 fully saturated rings. The van der Waals surface area contributed by atoms with E-state index in [1.165, 1.54) is 18.5 Å². The summed E-state index contributed by atoms with van der Waals surface area (Å²) < 4.78 is 0. The van der Waals surface area contributed by atoms with Crippen LogP contribution in [-0.2, 0) is 0 Å². The average Bonchev–Trinajstić information content (AvgIpc) is 2.30. The number of rotatable bonds is 2. The molecule has 0 atom stereocenters. The number of aromatic nitrogens is 3. The zero-order valence-corrected chi connectivity index (χ0v) is 8.66. The minimum absolute atomic E-state index is 0.102. The lowest BCUT2D eigenvalue weighted by atomic mass is 10.2. The van der Waals surface area contributed by atoms with E-state index in [-0.39, 0.29) is 17.2 Å². The van der Waals surface area contributed by atoms with E-state index >= 15 is 0 Å². The highest BCUT2D eigenvalue weighted by molar-refractivity contribution is 5.91. The maximum absolute atomic E-state index is 10.9. The van der Waals surface area contributed by atoms with Gasteiger partial charge >= 0.3 is 5.97 Å². The minimum Gasteiger partial charge on any atom is -0.476 e. The van der Waals surface area contributed by atoms with E-state index in [0.29, 0.717) is 11.4 Å². The third-order valence-electron chi connectivity index (χ3n) is 2.06. The molecule has 0 radical (unpaired) electrons. The van der Waals surface area contributed by atoms with Crippen LogP contribution in [0.25, 0.3) is 11.4 Å². The van der Waals surface area contributed by atoms with Gasteiger partial charge in [-0.1, -0.05) is 0 Å². The average molecular weight is 231 g/mol. The van der Waals surface area contributed by atoms with Crippen LogP contribution >= 0.6 is 0 Å². The minimum atomic E-state index is -1.19. The van der Waals surface area contributed by atoms with Crippen LogP contribution in [0.15, 0.2) is 24.5 Å². The van der Waals surface area contributed by atoms with Gasteiger partial charge in [0.25, 0.3) is 0 Å². The Bertz CT molecular complexity index is 567. The predicted molar refractivity (Wildman–Crippen MR) is 61.0 cm³/mol. The summed E-state index contributed by atoms with van der Waals surface area (Å²) in [5.41, 5.74) is 11.6. The SMILES string of the molecule is Nc1cnc(-c2ccc(N)c(C(=O)O)n2)cn1. The van der Waals surface area contributed by atoms with Crippen molar-refractivity contribution in [3.05, 3.63) is 30.2 Å². The Morgan fingerprint density at radius 3 is 2.47 bits per heavy atom. The van der Waals surface area contributed by atoms with Gasteiger partial charge in [-0.3, -0.25) is 0 Å². The Kier molecular flexibility index (Phi) is 2.57. The third-order valence-corrected chi connectivity index (χ3v) is 2.06. The van der Waals surface area contributed by atoms with E-state index in [1.54, 1.807) is 6.07 Å². The maximum Gasteiger partial charge on any atom is 0.356 e. The zero-order valence-electron chi connectivity index (χ0n) is 8.66. The van der Waals surface area contributed by atoms with Crippen LogP contribution in [0.4, 0.5) is 11.5 Å². The Morgan fingerprint density at radius 2 is 1.88 bits per heavy atom. The van der Waals surface area contributed by atoms with Crippen LogP contribution in [0.3, 0.4) is 0 Å². The summed E-state index contributed by atoms with van der Waals surface area (Å²) in [6.07, 6.45) is 2.79. The molecule has 0 amide bonds.